The summed E-state index contributed by atoms with van der Waals surface area (Å²) in [6.45, 7) is 1.51. The minimum absolute atomic E-state index is 0.0402. The van der Waals surface area contributed by atoms with Crippen LogP contribution in [0, 0.1) is 5.82 Å². The monoisotopic (exact) mass is 569 g/mol. The summed E-state index contributed by atoms with van der Waals surface area (Å²) < 4.78 is 21.8. The van der Waals surface area contributed by atoms with Gasteiger partial charge in [-0.05, 0) is 70.3 Å². The number of nitrogens with one attached hydrogen (secondary N) is 1. The largest absolute Gasteiger partial charge is 0.489 e. The zero-order valence-corrected chi connectivity index (χ0v) is 23.7. The van der Waals surface area contributed by atoms with E-state index in [1.165, 1.54) is 12.1 Å². The van der Waals surface area contributed by atoms with Gasteiger partial charge in [-0.1, -0.05) is 72.8 Å². The summed E-state index contributed by atoms with van der Waals surface area (Å²) >= 11 is 0. The van der Waals surface area contributed by atoms with E-state index in [9.17, 15) is 9.18 Å². The molecule has 1 amide bonds. The highest BCUT2D eigenvalue weighted by Crippen LogP contribution is 2.36. The number of halogens is 1. The van der Waals surface area contributed by atoms with Crippen LogP contribution in [0.3, 0.4) is 0 Å². The van der Waals surface area contributed by atoms with Crippen molar-refractivity contribution in [1.82, 2.24) is 14.9 Å². The van der Waals surface area contributed by atoms with Gasteiger partial charge in [0.15, 0.2) is 0 Å². The van der Waals surface area contributed by atoms with E-state index >= 15 is 0 Å². The standard InChI is InChI=1S/C37H32FN3O2/c38-31-14-10-28(11-15-31)24-41-25-35(33-8-4-5-9-36(33)41)34(22-37(42)40-23-27-18-20-39-21-19-27)30-12-16-32(17-13-30)43-26-29-6-2-1-3-7-29/h1-21,25,34H,22-24,26H2,(H,40,42). The fourth-order valence-corrected chi connectivity index (χ4v) is 5.37. The number of rotatable bonds is 11. The third-order valence-corrected chi connectivity index (χ3v) is 7.62. The van der Waals surface area contributed by atoms with E-state index in [0.717, 1.165) is 44.5 Å². The molecule has 0 radical (unpaired) electrons. The lowest BCUT2D eigenvalue weighted by atomic mass is 9.88. The first-order valence-corrected chi connectivity index (χ1v) is 14.4. The van der Waals surface area contributed by atoms with Crippen molar-refractivity contribution in [3.63, 3.8) is 0 Å². The molecule has 0 aliphatic heterocycles. The van der Waals surface area contributed by atoms with Crippen molar-refractivity contribution in [1.29, 1.82) is 0 Å². The molecule has 6 aromatic rings. The van der Waals surface area contributed by atoms with Gasteiger partial charge >= 0.3 is 0 Å². The Bertz CT molecular complexity index is 1780. The van der Waals surface area contributed by atoms with Crippen molar-refractivity contribution in [3.8, 4) is 5.75 Å². The lowest BCUT2D eigenvalue weighted by Gasteiger charge is -2.18. The van der Waals surface area contributed by atoms with Crippen LogP contribution in [-0.4, -0.2) is 15.5 Å². The Hall–Kier alpha value is -5.23. The summed E-state index contributed by atoms with van der Waals surface area (Å²) in [5.74, 6) is 0.282. The first-order chi connectivity index (χ1) is 21.1. The molecule has 0 saturated carbocycles. The molecule has 6 heteroatoms. The minimum Gasteiger partial charge on any atom is -0.489 e. The Kier molecular flexibility index (Phi) is 8.55. The molecule has 43 heavy (non-hydrogen) atoms. The third-order valence-electron chi connectivity index (χ3n) is 7.62. The SMILES string of the molecule is O=C(CC(c1ccc(OCc2ccccc2)cc1)c1cn(Cc2ccc(F)cc2)c2ccccc12)NCc1ccncc1. The number of ether oxygens (including phenoxy) is 1. The number of amides is 1. The van der Waals surface area contributed by atoms with E-state index in [1.807, 2.05) is 91.0 Å². The van der Waals surface area contributed by atoms with Crippen LogP contribution in [0.1, 0.15) is 40.2 Å². The van der Waals surface area contributed by atoms with Gasteiger partial charge in [0.25, 0.3) is 0 Å². The highest BCUT2D eigenvalue weighted by atomic mass is 19.1. The van der Waals surface area contributed by atoms with E-state index in [4.69, 9.17) is 4.74 Å². The molecule has 0 fully saturated rings. The molecule has 5 nitrogen and oxygen atoms in total. The molecule has 4 aromatic carbocycles. The summed E-state index contributed by atoms with van der Waals surface area (Å²) in [5.41, 5.74) is 6.25. The van der Waals surface area contributed by atoms with E-state index in [0.29, 0.717) is 19.7 Å². The number of para-hydroxylation sites is 1. The quantitative estimate of drug-likeness (QED) is 0.174. The Morgan fingerprint density at radius 1 is 0.791 bits per heavy atom. The molecular formula is C37H32FN3O2. The molecule has 1 N–H and O–H groups in total. The topological polar surface area (TPSA) is 56.1 Å². The summed E-state index contributed by atoms with van der Waals surface area (Å²) in [6.07, 6.45) is 5.86. The van der Waals surface area contributed by atoms with Gasteiger partial charge in [-0.3, -0.25) is 9.78 Å². The number of nitrogens with zero attached hydrogens (tertiary/aromatic N) is 2. The molecule has 0 aliphatic carbocycles. The molecule has 214 valence electrons. The maximum Gasteiger partial charge on any atom is 0.221 e. The van der Waals surface area contributed by atoms with Crippen LogP contribution in [-0.2, 0) is 24.5 Å². The van der Waals surface area contributed by atoms with Crippen LogP contribution in [0.15, 0.2) is 134 Å². The molecule has 1 unspecified atom stereocenters. The molecule has 2 heterocycles. The van der Waals surface area contributed by atoms with Crippen LogP contribution < -0.4 is 10.1 Å². The van der Waals surface area contributed by atoms with Crippen LogP contribution in [0.25, 0.3) is 10.9 Å². The molecule has 2 aromatic heterocycles. The van der Waals surface area contributed by atoms with E-state index < -0.39 is 0 Å². The lowest BCUT2D eigenvalue weighted by molar-refractivity contribution is -0.121. The molecule has 6 rings (SSSR count). The average molecular weight is 570 g/mol. The maximum absolute atomic E-state index is 13.6. The molecule has 0 bridgehead atoms. The van der Waals surface area contributed by atoms with Gasteiger partial charge in [0, 0.05) is 54.9 Å². The van der Waals surface area contributed by atoms with Gasteiger partial charge in [-0.15, -0.1) is 0 Å². The van der Waals surface area contributed by atoms with Crippen molar-refractivity contribution >= 4 is 16.8 Å². The highest BCUT2D eigenvalue weighted by Gasteiger charge is 2.23. The Morgan fingerprint density at radius 3 is 2.28 bits per heavy atom. The second kappa shape index (κ2) is 13.2. The zero-order valence-electron chi connectivity index (χ0n) is 23.7. The predicted molar refractivity (Wildman–Crippen MR) is 167 cm³/mol. The van der Waals surface area contributed by atoms with Crippen molar-refractivity contribution in [2.75, 3.05) is 0 Å². The number of pyridine rings is 1. The summed E-state index contributed by atoms with van der Waals surface area (Å²) in [6, 6.07) is 36.7. The lowest BCUT2D eigenvalue weighted by Crippen LogP contribution is -2.25. The van der Waals surface area contributed by atoms with Crippen molar-refractivity contribution < 1.29 is 13.9 Å². The van der Waals surface area contributed by atoms with Gasteiger partial charge < -0.3 is 14.6 Å². The first-order valence-electron chi connectivity index (χ1n) is 14.4. The van der Waals surface area contributed by atoms with Crippen LogP contribution in [0.4, 0.5) is 4.39 Å². The smallest absolute Gasteiger partial charge is 0.221 e. The van der Waals surface area contributed by atoms with Crippen LogP contribution in [0.2, 0.25) is 0 Å². The third kappa shape index (κ3) is 6.99. The predicted octanol–water partition coefficient (Wildman–Crippen LogP) is 7.64. The second-order valence-electron chi connectivity index (χ2n) is 10.6. The van der Waals surface area contributed by atoms with Crippen molar-refractivity contribution in [2.24, 2.45) is 0 Å². The van der Waals surface area contributed by atoms with E-state index in [1.54, 1.807) is 12.4 Å². The number of carbonyl (C=O) groups excluding carboxylic acids is 1. The number of benzene rings is 4. The molecule has 1 atom stereocenters. The molecule has 0 aliphatic rings. The second-order valence-corrected chi connectivity index (χ2v) is 10.6. The summed E-state index contributed by atoms with van der Waals surface area (Å²) in [4.78, 5) is 17.4. The van der Waals surface area contributed by atoms with E-state index in [2.05, 4.69) is 33.2 Å². The van der Waals surface area contributed by atoms with Gasteiger partial charge in [0.1, 0.15) is 18.2 Å². The van der Waals surface area contributed by atoms with Crippen molar-refractivity contribution in [3.05, 3.63) is 167 Å². The first kappa shape index (κ1) is 27.9. The van der Waals surface area contributed by atoms with Gasteiger partial charge in [-0.2, -0.15) is 0 Å². The molecule has 0 spiro atoms. The fourth-order valence-electron chi connectivity index (χ4n) is 5.37. The summed E-state index contributed by atoms with van der Waals surface area (Å²) in [7, 11) is 0. The normalized spacial score (nSPS) is 11.7. The van der Waals surface area contributed by atoms with Crippen LogP contribution in [0.5, 0.6) is 5.75 Å². The Labute approximate surface area is 250 Å². The molecular weight excluding hydrogens is 537 g/mol. The van der Waals surface area contributed by atoms with Crippen LogP contribution >= 0.6 is 0 Å². The Morgan fingerprint density at radius 2 is 1.51 bits per heavy atom. The number of carbonyl (C=O) groups is 1. The summed E-state index contributed by atoms with van der Waals surface area (Å²) in [5, 5.41) is 4.17. The van der Waals surface area contributed by atoms with E-state index in [-0.39, 0.29) is 24.1 Å². The van der Waals surface area contributed by atoms with Gasteiger partial charge in [-0.25, -0.2) is 4.39 Å². The number of fused-ring (bicyclic) bond motifs is 1. The van der Waals surface area contributed by atoms with Gasteiger partial charge in [0.2, 0.25) is 5.91 Å². The fraction of sp³-hybridized carbons (Fsp3) is 0.135. The number of hydrogen-bond donors (Lipinski definition) is 1. The molecule has 0 saturated heterocycles. The number of aromatic nitrogens is 2. The van der Waals surface area contributed by atoms with Crippen molar-refractivity contribution in [2.45, 2.75) is 32.0 Å². The average Bonchev–Trinajstić information content (AvgIpc) is 3.42. The Balaban J connectivity index is 1.30. The maximum atomic E-state index is 13.6. The zero-order chi connectivity index (χ0) is 29.4. The highest BCUT2D eigenvalue weighted by molar-refractivity contribution is 5.87. The minimum atomic E-state index is -0.254. The number of hydrogen-bond acceptors (Lipinski definition) is 3. The van der Waals surface area contributed by atoms with Gasteiger partial charge in [0.05, 0.1) is 0 Å².